The van der Waals surface area contributed by atoms with Crippen LogP contribution in [0.5, 0.6) is 11.5 Å². The fraction of sp³-hybridized carbons (Fsp3) is 0.316. The number of urea groups is 1. The van der Waals surface area contributed by atoms with Crippen molar-refractivity contribution in [1.82, 2.24) is 5.32 Å². The minimum atomic E-state index is -0.271. The SMILES string of the molecule is CCOc1ccc(NC(=O)NC)c(COc2ccc(C)cc2C)c1. The molecular formula is C19H24N2O3. The van der Waals surface area contributed by atoms with Crippen LogP contribution in [-0.2, 0) is 6.61 Å². The first-order valence-corrected chi connectivity index (χ1v) is 7.98. The van der Waals surface area contributed by atoms with Gasteiger partial charge in [-0.25, -0.2) is 4.79 Å². The molecule has 0 atom stereocenters. The molecule has 128 valence electrons. The van der Waals surface area contributed by atoms with Gasteiger partial charge >= 0.3 is 6.03 Å². The van der Waals surface area contributed by atoms with Crippen LogP contribution < -0.4 is 20.1 Å². The zero-order valence-electron chi connectivity index (χ0n) is 14.6. The molecule has 2 aromatic rings. The smallest absolute Gasteiger partial charge is 0.318 e. The average Bonchev–Trinajstić information content (AvgIpc) is 2.56. The highest BCUT2D eigenvalue weighted by molar-refractivity contribution is 5.90. The Morgan fingerprint density at radius 3 is 2.54 bits per heavy atom. The minimum Gasteiger partial charge on any atom is -0.494 e. The van der Waals surface area contributed by atoms with Gasteiger partial charge in [0, 0.05) is 18.3 Å². The molecule has 0 radical (unpaired) electrons. The van der Waals surface area contributed by atoms with Crippen molar-refractivity contribution >= 4 is 11.7 Å². The molecule has 0 aliphatic carbocycles. The van der Waals surface area contributed by atoms with Gasteiger partial charge in [0.1, 0.15) is 18.1 Å². The lowest BCUT2D eigenvalue weighted by molar-refractivity contribution is 0.254. The number of carbonyl (C=O) groups excluding carboxylic acids is 1. The van der Waals surface area contributed by atoms with Crippen LogP contribution >= 0.6 is 0 Å². The highest BCUT2D eigenvalue weighted by Gasteiger charge is 2.09. The first-order chi connectivity index (χ1) is 11.5. The van der Waals surface area contributed by atoms with Crippen LogP contribution in [0, 0.1) is 13.8 Å². The summed E-state index contributed by atoms with van der Waals surface area (Å²) in [7, 11) is 1.58. The maximum atomic E-state index is 11.6. The number of hydrogen-bond acceptors (Lipinski definition) is 3. The van der Waals surface area contributed by atoms with E-state index < -0.39 is 0 Å². The second kappa shape index (κ2) is 8.24. The van der Waals surface area contributed by atoms with Crippen molar-refractivity contribution in [3.8, 4) is 11.5 Å². The van der Waals surface area contributed by atoms with E-state index in [9.17, 15) is 4.79 Å². The molecular weight excluding hydrogens is 304 g/mol. The van der Waals surface area contributed by atoms with E-state index in [0.717, 1.165) is 22.6 Å². The molecule has 2 N–H and O–H groups in total. The van der Waals surface area contributed by atoms with Crippen LogP contribution in [0.1, 0.15) is 23.6 Å². The van der Waals surface area contributed by atoms with E-state index in [4.69, 9.17) is 9.47 Å². The fourth-order valence-corrected chi connectivity index (χ4v) is 2.37. The van der Waals surface area contributed by atoms with Gasteiger partial charge in [-0.15, -0.1) is 0 Å². The van der Waals surface area contributed by atoms with Gasteiger partial charge < -0.3 is 20.1 Å². The van der Waals surface area contributed by atoms with Crippen LogP contribution in [0.15, 0.2) is 36.4 Å². The Bertz CT molecular complexity index is 714. The van der Waals surface area contributed by atoms with E-state index in [1.165, 1.54) is 5.56 Å². The van der Waals surface area contributed by atoms with Gasteiger partial charge in [0.2, 0.25) is 0 Å². The monoisotopic (exact) mass is 328 g/mol. The molecule has 2 aromatic carbocycles. The predicted octanol–water partition coefficient (Wildman–Crippen LogP) is 4.03. The Kier molecular flexibility index (Phi) is 6.07. The molecule has 0 saturated carbocycles. The Hall–Kier alpha value is -2.69. The fourth-order valence-electron chi connectivity index (χ4n) is 2.37. The molecule has 0 aliphatic rings. The first kappa shape index (κ1) is 17.7. The summed E-state index contributed by atoms with van der Waals surface area (Å²) in [6.07, 6.45) is 0. The summed E-state index contributed by atoms with van der Waals surface area (Å²) < 4.78 is 11.5. The maximum absolute atomic E-state index is 11.6. The third kappa shape index (κ3) is 4.65. The van der Waals surface area contributed by atoms with E-state index in [1.54, 1.807) is 7.05 Å². The normalized spacial score (nSPS) is 10.2. The van der Waals surface area contributed by atoms with Crippen molar-refractivity contribution in [2.24, 2.45) is 0 Å². The number of aryl methyl sites for hydroxylation is 2. The second-order valence-corrected chi connectivity index (χ2v) is 5.51. The third-order valence-electron chi connectivity index (χ3n) is 3.58. The molecule has 0 fully saturated rings. The standard InChI is InChI=1S/C19H24N2O3/c1-5-23-16-7-8-17(21-19(22)20-4)15(11-16)12-24-18-9-6-13(2)10-14(18)3/h6-11H,5,12H2,1-4H3,(H2,20,21,22). The van der Waals surface area contributed by atoms with Crippen molar-refractivity contribution in [3.05, 3.63) is 53.1 Å². The summed E-state index contributed by atoms with van der Waals surface area (Å²) >= 11 is 0. The number of rotatable bonds is 6. The lowest BCUT2D eigenvalue weighted by Crippen LogP contribution is -2.25. The number of benzene rings is 2. The van der Waals surface area contributed by atoms with Gasteiger partial charge in [0.15, 0.2) is 0 Å². The third-order valence-corrected chi connectivity index (χ3v) is 3.58. The highest BCUT2D eigenvalue weighted by Crippen LogP contribution is 2.26. The number of ether oxygens (including phenoxy) is 2. The zero-order chi connectivity index (χ0) is 17.5. The lowest BCUT2D eigenvalue weighted by atomic mass is 10.1. The van der Waals surface area contributed by atoms with Gasteiger partial charge in [-0.1, -0.05) is 17.7 Å². The zero-order valence-corrected chi connectivity index (χ0v) is 14.6. The summed E-state index contributed by atoms with van der Waals surface area (Å²) in [6.45, 7) is 6.92. The van der Waals surface area contributed by atoms with Crippen LogP contribution in [0.4, 0.5) is 10.5 Å². The quantitative estimate of drug-likeness (QED) is 0.841. The molecule has 0 saturated heterocycles. The molecule has 2 amide bonds. The molecule has 0 aromatic heterocycles. The van der Waals surface area contributed by atoms with Crippen molar-refractivity contribution in [2.75, 3.05) is 19.0 Å². The largest absolute Gasteiger partial charge is 0.494 e. The van der Waals surface area contributed by atoms with Crippen molar-refractivity contribution in [3.63, 3.8) is 0 Å². The van der Waals surface area contributed by atoms with Crippen LogP contribution in [0.2, 0.25) is 0 Å². The Morgan fingerprint density at radius 1 is 1.08 bits per heavy atom. The molecule has 5 heteroatoms. The summed E-state index contributed by atoms with van der Waals surface area (Å²) in [5.74, 6) is 1.58. The second-order valence-electron chi connectivity index (χ2n) is 5.51. The molecule has 5 nitrogen and oxygen atoms in total. The highest BCUT2D eigenvalue weighted by atomic mass is 16.5. The predicted molar refractivity (Wildman–Crippen MR) is 95.9 cm³/mol. The lowest BCUT2D eigenvalue weighted by Gasteiger charge is -2.15. The van der Waals surface area contributed by atoms with Gasteiger partial charge in [-0.3, -0.25) is 0 Å². The molecule has 0 heterocycles. The average molecular weight is 328 g/mol. The van der Waals surface area contributed by atoms with Crippen molar-refractivity contribution in [1.29, 1.82) is 0 Å². The molecule has 2 rings (SSSR count). The summed E-state index contributed by atoms with van der Waals surface area (Å²) in [6, 6.07) is 11.3. The van der Waals surface area contributed by atoms with Crippen molar-refractivity contribution in [2.45, 2.75) is 27.4 Å². The Labute approximate surface area is 143 Å². The number of carbonyl (C=O) groups is 1. The van der Waals surface area contributed by atoms with Crippen LogP contribution in [0.3, 0.4) is 0 Å². The number of amides is 2. The summed E-state index contributed by atoms with van der Waals surface area (Å²) in [5, 5.41) is 5.35. The number of anilines is 1. The molecule has 0 spiro atoms. The van der Waals surface area contributed by atoms with Gasteiger partial charge in [-0.05, 0) is 50.6 Å². The van der Waals surface area contributed by atoms with E-state index in [-0.39, 0.29) is 6.03 Å². The Balaban J connectivity index is 2.21. The summed E-state index contributed by atoms with van der Waals surface area (Å²) in [4.78, 5) is 11.6. The van der Waals surface area contributed by atoms with Gasteiger partial charge in [0.25, 0.3) is 0 Å². The Morgan fingerprint density at radius 2 is 1.88 bits per heavy atom. The van der Waals surface area contributed by atoms with Crippen LogP contribution in [0.25, 0.3) is 0 Å². The number of hydrogen-bond donors (Lipinski definition) is 2. The molecule has 0 bridgehead atoms. The van der Waals surface area contributed by atoms with E-state index >= 15 is 0 Å². The molecule has 0 unspecified atom stereocenters. The minimum absolute atomic E-state index is 0.271. The van der Waals surface area contributed by atoms with Gasteiger partial charge in [-0.2, -0.15) is 0 Å². The van der Waals surface area contributed by atoms with Crippen molar-refractivity contribution < 1.29 is 14.3 Å². The van der Waals surface area contributed by atoms with E-state index in [2.05, 4.69) is 16.7 Å². The maximum Gasteiger partial charge on any atom is 0.318 e. The van der Waals surface area contributed by atoms with E-state index in [1.807, 2.05) is 51.1 Å². The first-order valence-electron chi connectivity index (χ1n) is 7.98. The van der Waals surface area contributed by atoms with Crippen LogP contribution in [-0.4, -0.2) is 19.7 Å². The molecule has 0 aliphatic heterocycles. The number of nitrogens with one attached hydrogen (secondary N) is 2. The summed E-state index contributed by atoms with van der Waals surface area (Å²) in [5.41, 5.74) is 3.82. The molecule has 24 heavy (non-hydrogen) atoms. The topological polar surface area (TPSA) is 59.6 Å². The van der Waals surface area contributed by atoms with E-state index in [0.29, 0.717) is 18.9 Å². The van der Waals surface area contributed by atoms with Gasteiger partial charge in [0.05, 0.1) is 6.61 Å².